The predicted octanol–water partition coefficient (Wildman–Crippen LogP) is 2.30. The summed E-state index contributed by atoms with van der Waals surface area (Å²) >= 11 is 0. The fraction of sp³-hybridized carbons (Fsp3) is 0.333. The molecule has 0 amide bonds. The first-order valence-corrected chi connectivity index (χ1v) is 8.10. The number of carbonyl (C=O) groups is 1. The normalized spacial score (nSPS) is 11.4. The fourth-order valence-corrected chi connectivity index (χ4v) is 2.50. The molecule has 0 radical (unpaired) electrons. The lowest BCUT2D eigenvalue weighted by molar-refractivity contribution is -0.754. The van der Waals surface area contributed by atoms with Gasteiger partial charge in [-0.2, -0.15) is 9.97 Å². The van der Waals surface area contributed by atoms with Crippen molar-refractivity contribution in [1.29, 1.82) is 0 Å². The average Bonchev–Trinajstić information content (AvgIpc) is 2.67. The number of benzene rings is 1. The number of ether oxygens (including phenoxy) is 4. The molecule has 1 heterocycles. The summed E-state index contributed by atoms with van der Waals surface area (Å²) in [7, 11) is 5.64. The SMILES string of the molecule is CCC(c1cccc(Oc2nc(OC)cc(OC)n2)c1C(=O)OC)=[N+](C)O. The summed E-state index contributed by atoms with van der Waals surface area (Å²) in [5, 5.41) is 9.91. The molecule has 2 aromatic rings. The van der Waals surface area contributed by atoms with Crippen LogP contribution in [0.1, 0.15) is 29.3 Å². The van der Waals surface area contributed by atoms with Crippen LogP contribution >= 0.6 is 0 Å². The van der Waals surface area contributed by atoms with Crippen molar-refractivity contribution in [3.8, 4) is 23.5 Å². The minimum atomic E-state index is -0.622. The van der Waals surface area contributed by atoms with Crippen LogP contribution in [-0.2, 0) is 4.74 Å². The van der Waals surface area contributed by atoms with E-state index in [4.69, 9.17) is 18.9 Å². The minimum Gasteiger partial charge on any atom is -0.481 e. The standard InChI is InChI=1S/C18H22N3O6/c1-6-12(21(2)23)11-8-7-9-13(16(11)17(22)26-5)27-18-19-14(24-3)10-15(20-18)25-4/h7-10,23H,6H2,1-5H3/q+1. The van der Waals surface area contributed by atoms with E-state index in [2.05, 4.69) is 9.97 Å². The Labute approximate surface area is 156 Å². The summed E-state index contributed by atoms with van der Waals surface area (Å²) in [5.41, 5.74) is 1.13. The van der Waals surface area contributed by atoms with Gasteiger partial charge in [0.25, 0.3) is 0 Å². The van der Waals surface area contributed by atoms with Crippen LogP contribution in [0.4, 0.5) is 0 Å². The van der Waals surface area contributed by atoms with Gasteiger partial charge in [-0.05, 0) is 16.9 Å². The molecule has 0 aliphatic rings. The molecule has 0 fully saturated rings. The van der Waals surface area contributed by atoms with Crippen LogP contribution in [0.25, 0.3) is 0 Å². The lowest BCUT2D eigenvalue weighted by atomic mass is 10.00. The average molecular weight is 376 g/mol. The zero-order chi connectivity index (χ0) is 20.0. The molecule has 0 atom stereocenters. The lowest BCUT2D eigenvalue weighted by Crippen LogP contribution is -2.19. The van der Waals surface area contributed by atoms with Gasteiger partial charge in [-0.1, -0.05) is 13.0 Å². The fourth-order valence-electron chi connectivity index (χ4n) is 2.50. The highest BCUT2D eigenvalue weighted by Gasteiger charge is 2.26. The van der Waals surface area contributed by atoms with Gasteiger partial charge in [0.2, 0.25) is 17.5 Å². The van der Waals surface area contributed by atoms with Crippen molar-refractivity contribution in [2.24, 2.45) is 0 Å². The van der Waals surface area contributed by atoms with Gasteiger partial charge in [0, 0.05) is 6.42 Å². The maximum atomic E-state index is 12.4. The summed E-state index contributed by atoms with van der Waals surface area (Å²) in [6, 6.07) is 6.39. The lowest BCUT2D eigenvalue weighted by Gasteiger charge is -2.13. The first-order chi connectivity index (χ1) is 12.9. The van der Waals surface area contributed by atoms with E-state index in [0.29, 0.717) is 17.7 Å². The van der Waals surface area contributed by atoms with E-state index >= 15 is 0 Å². The number of hydroxylamine groups is 1. The highest BCUT2D eigenvalue weighted by atomic mass is 16.5. The molecule has 144 valence electrons. The molecule has 0 bridgehead atoms. The van der Waals surface area contributed by atoms with Crippen molar-refractivity contribution >= 4 is 11.7 Å². The van der Waals surface area contributed by atoms with Gasteiger partial charge in [-0.25, -0.2) is 4.79 Å². The Bertz CT molecular complexity index is 840. The maximum absolute atomic E-state index is 12.4. The summed E-state index contributed by atoms with van der Waals surface area (Å²) < 4.78 is 21.8. The molecule has 0 unspecified atom stereocenters. The second-order valence-electron chi connectivity index (χ2n) is 5.33. The van der Waals surface area contributed by atoms with Crippen LogP contribution < -0.4 is 14.2 Å². The van der Waals surface area contributed by atoms with Crippen LogP contribution in [0.3, 0.4) is 0 Å². The Morgan fingerprint density at radius 3 is 2.26 bits per heavy atom. The predicted molar refractivity (Wildman–Crippen MR) is 95.4 cm³/mol. The van der Waals surface area contributed by atoms with E-state index in [-0.39, 0.29) is 29.1 Å². The summed E-state index contributed by atoms with van der Waals surface area (Å²) in [4.78, 5) is 20.6. The van der Waals surface area contributed by atoms with E-state index in [0.717, 1.165) is 4.74 Å². The summed E-state index contributed by atoms with van der Waals surface area (Å²) in [6.07, 6.45) is 0.476. The Hall–Kier alpha value is -3.36. The van der Waals surface area contributed by atoms with E-state index in [1.54, 1.807) is 18.2 Å². The third kappa shape index (κ3) is 4.43. The molecule has 0 aliphatic heterocycles. The quantitative estimate of drug-likeness (QED) is 0.258. The monoisotopic (exact) mass is 376 g/mol. The van der Waals surface area contributed by atoms with Crippen molar-refractivity contribution in [2.75, 3.05) is 28.4 Å². The molecule has 27 heavy (non-hydrogen) atoms. The molecular formula is C18H22N3O6+. The van der Waals surface area contributed by atoms with E-state index in [1.807, 2.05) is 6.92 Å². The number of methoxy groups -OCH3 is 3. The van der Waals surface area contributed by atoms with Crippen molar-refractivity contribution in [1.82, 2.24) is 9.97 Å². The molecule has 9 heteroatoms. The van der Waals surface area contributed by atoms with Gasteiger partial charge in [-0.15, -0.1) is 0 Å². The van der Waals surface area contributed by atoms with Crippen LogP contribution in [0.5, 0.6) is 23.5 Å². The smallest absolute Gasteiger partial charge is 0.342 e. The van der Waals surface area contributed by atoms with Gasteiger partial charge in [0.1, 0.15) is 11.3 Å². The largest absolute Gasteiger partial charge is 0.481 e. The summed E-state index contributed by atoms with van der Waals surface area (Å²) in [6.45, 7) is 1.85. The molecule has 1 aromatic carbocycles. The molecular weight excluding hydrogens is 354 g/mol. The maximum Gasteiger partial charge on any atom is 0.342 e. The Morgan fingerprint density at radius 1 is 1.15 bits per heavy atom. The van der Waals surface area contributed by atoms with Crippen LogP contribution in [-0.4, -0.2) is 60.0 Å². The first-order valence-electron chi connectivity index (χ1n) is 8.10. The zero-order valence-corrected chi connectivity index (χ0v) is 15.8. The van der Waals surface area contributed by atoms with E-state index in [9.17, 15) is 10.0 Å². The van der Waals surface area contributed by atoms with Crippen molar-refractivity contribution in [3.63, 3.8) is 0 Å². The third-order valence-corrected chi connectivity index (χ3v) is 3.73. The second-order valence-corrected chi connectivity index (χ2v) is 5.33. The first kappa shape index (κ1) is 20.0. The van der Waals surface area contributed by atoms with Crippen LogP contribution in [0.2, 0.25) is 0 Å². The van der Waals surface area contributed by atoms with Gasteiger partial charge in [-0.3, -0.25) is 5.21 Å². The number of aromatic nitrogens is 2. The van der Waals surface area contributed by atoms with Gasteiger partial charge in [0.15, 0.2) is 7.05 Å². The number of rotatable bonds is 7. The zero-order valence-electron chi connectivity index (χ0n) is 15.8. The molecule has 2 rings (SSSR count). The Balaban J connectivity index is 2.61. The molecule has 1 N–H and O–H groups in total. The van der Waals surface area contributed by atoms with E-state index in [1.165, 1.54) is 34.4 Å². The molecule has 0 aliphatic carbocycles. The second kappa shape index (κ2) is 8.84. The minimum absolute atomic E-state index is 0.0658. The number of esters is 1. The highest BCUT2D eigenvalue weighted by molar-refractivity contribution is 6.08. The molecule has 9 nitrogen and oxygen atoms in total. The Morgan fingerprint density at radius 2 is 1.78 bits per heavy atom. The Kier molecular flexibility index (Phi) is 6.53. The topological polar surface area (TPSA) is 103 Å². The molecule has 0 saturated carbocycles. The van der Waals surface area contributed by atoms with Gasteiger partial charge >= 0.3 is 12.0 Å². The molecule has 1 aromatic heterocycles. The van der Waals surface area contributed by atoms with Gasteiger partial charge < -0.3 is 18.9 Å². The van der Waals surface area contributed by atoms with Crippen LogP contribution in [0.15, 0.2) is 24.3 Å². The molecule has 0 saturated heterocycles. The van der Waals surface area contributed by atoms with Crippen molar-refractivity contribution < 1.29 is 33.7 Å². The number of hydrogen-bond acceptors (Lipinski definition) is 8. The van der Waals surface area contributed by atoms with Crippen LogP contribution in [0, 0.1) is 0 Å². The number of carbonyl (C=O) groups excluding carboxylic acids is 1. The molecule has 0 spiro atoms. The number of nitrogens with zero attached hydrogens (tertiary/aromatic N) is 3. The number of hydrogen-bond donors (Lipinski definition) is 1. The van der Waals surface area contributed by atoms with E-state index < -0.39 is 5.97 Å². The van der Waals surface area contributed by atoms with Crippen molar-refractivity contribution in [2.45, 2.75) is 13.3 Å². The van der Waals surface area contributed by atoms with Crippen molar-refractivity contribution in [3.05, 3.63) is 35.4 Å². The highest BCUT2D eigenvalue weighted by Crippen LogP contribution is 2.29. The van der Waals surface area contributed by atoms with Gasteiger partial charge in [0.05, 0.1) is 33.0 Å². The summed E-state index contributed by atoms with van der Waals surface area (Å²) in [5.74, 6) is 0.0257. The third-order valence-electron chi connectivity index (χ3n) is 3.73.